The van der Waals surface area contributed by atoms with Gasteiger partial charge in [0.15, 0.2) is 5.78 Å². The summed E-state index contributed by atoms with van der Waals surface area (Å²) in [5.41, 5.74) is 1.82. The van der Waals surface area contributed by atoms with Crippen molar-refractivity contribution in [3.05, 3.63) is 47.5 Å². The third-order valence-corrected chi connectivity index (χ3v) is 2.99. The molecule has 134 valence electrons. The molecule has 6 heteroatoms. The molecule has 6 nitrogen and oxygen atoms in total. The minimum absolute atomic E-state index is 0. The second-order valence-corrected chi connectivity index (χ2v) is 4.85. The second kappa shape index (κ2) is 12.0. The van der Waals surface area contributed by atoms with E-state index >= 15 is 0 Å². The molecular weight excluding hydrogens is 308 g/mol. The van der Waals surface area contributed by atoms with Gasteiger partial charge in [-0.05, 0) is 31.2 Å². The van der Waals surface area contributed by atoms with Crippen LogP contribution in [0.5, 0.6) is 0 Å². The number of benzene rings is 1. The Hall–Kier alpha value is -2.47. The number of carbonyl (C=O) groups excluding carboxylic acids is 2. The zero-order valence-electron chi connectivity index (χ0n) is 12.6. The van der Waals surface area contributed by atoms with Crippen molar-refractivity contribution >= 4 is 17.7 Å². The van der Waals surface area contributed by atoms with Crippen LogP contribution in [0.15, 0.2) is 36.4 Å². The molecule has 1 amide bonds. The van der Waals surface area contributed by atoms with E-state index in [0.29, 0.717) is 6.54 Å². The fourth-order valence-corrected chi connectivity index (χ4v) is 1.95. The molecule has 0 saturated carbocycles. The summed E-state index contributed by atoms with van der Waals surface area (Å²) in [5.74, 6) is -2.00. The van der Waals surface area contributed by atoms with Crippen molar-refractivity contribution in [2.75, 3.05) is 7.05 Å². The van der Waals surface area contributed by atoms with Gasteiger partial charge < -0.3 is 15.7 Å². The molecule has 24 heavy (non-hydrogen) atoms. The molecule has 0 saturated heterocycles. The molecule has 0 fully saturated rings. The summed E-state index contributed by atoms with van der Waals surface area (Å²) >= 11 is 0. The Balaban J connectivity index is 0. The van der Waals surface area contributed by atoms with Crippen LogP contribution in [0.25, 0.3) is 0 Å². The predicted molar refractivity (Wildman–Crippen MR) is 95.8 cm³/mol. The minimum atomic E-state index is -1.12. The zero-order chi connectivity index (χ0) is 16.5. The molecule has 0 aromatic heterocycles. The van der Waals surface area contributed by atoms with Crippen molar-refractivity contribution in [2.45, 2.75) is 40.8 Å². The van der Waals surface area contributed by atoms with Gasteiger partial charge in [0.2, 0.25) is 5.91 Å². The van der Waals surface area contributed by atoms with Crippen LogP contribution >= 0.6 is 0 Å². The monoisotopic (exact) mass is 336 g/mol. The van der Waals surface area contributed by atoms with E-state index < -0.39 is 17.9 Å². The van der Waals surface area contributed by atoms with Crippen molar-refractivity contribution < 1.29 is 19.5 Å². The number of rotatable bonds is 8. The van der Waals surface area contributed by atoms with E-state index in [2.05, 4.69) is 10.6 Å². The molecule has 1 rings (SSSR count). The third-order valence-electron chi connectivity index (χ3n) is 2.99. The molecule has 0 aliphatic heterocycles. The van der Waals surface area contributed by atoms with Crippen LogP contribution in [-0.4, -0.2) is 35.9 Å². The SMILES string of the molecule is C.C.CNCc1ccccc1C[C@@H](NC(=O)/C=C/C(C)=O)C(=O)O. The highest BCUT2D eigenvalue weighted by molar-refractivity contribution is 5.97. The molecule has 0 heterocycles. The van der Waals surface area contributed by atoms with Gasteiger partial charge in [0, 0.05) is 19.0 Å². The highest BCUT2D eigenvalue weighted by Crippen LogP contribution is 2.11. The summed E-state index contributed by atoms with van der Waals surface area (Å²) in [6.45, 7) is 1.92. The Labute approximate surface area is 144 Å². The van der Waals surface area contributed by atoms with Gasteiger partial charge in [-0.2, -0.15) is 0 Å². The van der Waals surface area contributed by atoms with Crippen LogP contribution < -0.4 is 10.6 Å². The van der Waals surface area contributed by atoms with Crippen molar-refractivity contribution in [3.63, 3.8) is 0 Å². The average molecular weight is 336 g/mol. The minimum Gasteiger partial charge on any atom is -0.480 e. The number of aliphatic carboxylic acids is 1. The number of hydrogen-bond acceptors (Lipinski definition) is 4. The van der Waals surface area contributed by atoms with Crippen molar-refractivity contribution in [1.82, 2.24) is 10.6 Å². The molecule has 0 unspecified atom stereocenters. The Morgan fingerprint density at radius 1 is 1.12 bits per heavy atom. The number of allylic oxidation sites excluding steroid dienone is 1. The maximum atomic E-state index is 11.6. The zero-order valence-corrected chi connectivity index (χ0v) is 12.6. The Kier molecular flexibility index (Phi) is 11.9. The highest BCUT2D eigenvalue weighted by Gasteiger charge is 2.20. The number of carboxylic acid groups (broad SMARTS) is 1. The number of nitrogens with one attached hydrogen (secondary N) is 2. The molecule has 0 bridgehead atoms. The van der Waals surface area contributed by atoms with E-state index in [0.717, 1.165) is 23.3 Å². The second-order valence-electron chi connectivity index (χ2n) is 4.85. The normalized spacial score (nSPS) is 11.1. The maximum Gasteiger partial charge on any atom is 0.326 e. The first-order chi connectivity index (χ1) is 10.4. The van der Waals surface area contributed by atoms with E-state index in [9.17, 15) is 19.5 Å². The van der Waals surface area contributed by atoms with E-state index in [4.69, 9.17) is 0 Å². The number of hydrogen-bond donors (Lipinski definition) is 3. The molecule has 1 aromatic rings. The smallest absolute Gasteiger partial charge is 0.326 e. The van der Waals surface area contributed by atoms with Crippen LogP contribution in [0.3, 0.4) is 0 Å². The number of amides is 1. The molecule has 3 N–H and O–H groups in total. The van der Waals surface area contributed by atoms with Gasteiger partial charge in [-0.3, -0.25) is 9.59 Å². The summed E-state index contributed by atoms with van der Waals surface area (Å²) < 4.78 is 0. The Bertz CT molecular complexity index is 582. The van der Waals surface area contributed by atoms with Crippen molar-refractivity contribution in [3.8, 4) is 0 Å². The molecule has 0 aliphatic rings. The quantitative estimate of drug-likeness (QED) is 0.631. The lowest BCUT2D eigenvalue weighted by Crippen LogP contribution is -2.41. The summed E-state index contributed by atoms with van der Waals surface area (Å²) in [4.78, 5) is 33.7. The number of ketones is 1. The van der Waals surface area contributed by atoms with Gasteiger partial charge in [0.1, 0.15) is 6.04 Å². The van der Waals surface area contributed by atoms with E-state index in [1.54, 1.807) is 7.05 Å². The van der Waals surface area contributed by atoms with Crippen LogP contribution in [-0.2, 0) is 27.3 Å². The van der Waals surface area contributed by atoms with Gasteiger partial charge in [-0.25, -0.2) is 4.79 Å². The van der Waals surface area contributed by atoms with Gasteiger partial charge in [0.05, 0.1) is 0 Å². The number of carboxylic acids is 1. The third kappa shape index (κ3) is 8.24. The standard InChI is InChI=1S/C16H20N2O4.2CH4/c1-11(19)7-8-15(20)18-14(16(21)22)9-12-5-3-4-6-13(12)10-17-2;;/h3-8,14,17H,9-10H2,1-2H3,(H,18,20)(H,21,22);2*1H4/b8-7+;;/t14-;;/m1../s1. The van der Waals surface area contributed by atoms with Gasteiger partial charge in [-0.15, -0.1) is 0 Å². The summed E-state index contributed by atoms with van der Waals surface area (Å²) in [7, 11) is 1.81. The molecule has 0 aliphatic carbocycles. The Morgan fingerprint density at radius 2 is 1.71 bits per heavy atom. The lowest BCUT2D eigenvalue weighted by molar-refractivity contribution is -0.141. The fourth-order valence-electron chi connectivity index (χ4n) is 1.95. The summed E-state index contributed by atoms with van der Waals surface area (Å²) in [6, 6.07) is 6.38. The van der Waals surface area contributed by atoms with Gasteiger partial charge in [-0.1, -0.05) is 39.1 Å². The van der Waals surface area contributed by atoms with Crippen molar-refractivity contribution in [2.24, 2.45) is 0 Å². The van der Waals surface area contributed by atoms with Crippen molar-refractivity contribution in [1.29, 1.82) is 0 Å². The lowest BCUT2D eigenvalue weighted by atomic mass is 10.00. The predicted octanol–water partition coefficient (Wildman–Crippen LogP) is 1.94. The first-order valence-electron chi connectivity index (χ1n) is 6.87. The van der Waals surface area contributed by atoms with Crippen LogP contribution in [0.4, 0.5) is 0 Å². The Morgan fingerprint density at radius 3 is 2.21 bits per heavy atom. The number of carbonyl (C=O) groups is 3. The largest absolute Gasteiger partial charge is 0.480 e. The van der Waals surface area contributed by atoms with Crippen LogP contribution in [0, 0.1) is 0 Å². The first kappa shape index (κ1) is 23.8. The first-order valence-corrected chi connectivity index (χ1v) is 6.87. The van der Waals surface area contributed by atoms with E-state index in [1.807, 2.05) is 24.3 Å². The molecule has 0 radical (unpaired) electrons. The molecular formula is C18H28N2O4. The van der Waals surface area contributed by atoms with E-state index in [-0.39, 0.29) is 27.1 Å². The lowest BCUT2D eigenvalue weighted by Gasteiger charge is -2.16. The van der Waals surface area contributed by atoms with E-state index in [1.165, 1.54) is 6.92 Å². The average Bonchev–Trinajstić information content (AvgIpc) is 2.46. The summed E-state index contributed by atoms with van der Waals surface area (Å²) in [6.07, 6.45) is 2.31. The van der Waals surface area contributed by atoms with Crippen LogP contribution in [0.2, 0.25) is 0 Å². The van der Waals surface area contributed by atoms with Gasteiger partial charge in [0.25, 0.3) is 0 Å². The van der Waals surface area contributed by atoms with Crippen LogP contribution in [0.1, 0.15) is 32.9 Å². The maximum absolute atomic E-state index is 11.6. The highest BCUT2D eigenvalue weighted by atomic mass is 16.4. The van der Waals surface area contributed by atoms with Gasteiger partial charge >= 0.3 is 5.97 Å². The molecule has 1 atom stereocenters. The fraction of sp³-hybridized carbons (Fsp3) is 0.389. The summed E-state index contributed by atoms with van der Waals surface area (Å²) in [5, 5.41) is 14.7. The molecule has 1 aromatic carbocycles. The molecule has 0 spiro atoms. The topological polar surface area (TPSA) is 95.5 Å².